The summed E-state index contributed by atoms with van der Waals surface area (Å²) in [4.78, 5) is 21.5. The number of hydrogen-bond acceptors (Lipinski definition) is 6. The van der Waals surface area contributed by atoms with Crippen LogP contribution in [-0.4, -0.2) is 51.9 Å². The van der Waals surface area contributed by atoms with E-state index in [9.17, 15) is 15.0 Å². The molecule has 3 N–H and O–H groups in total. The summed E-state index contributed by atoms with van der Waals surface area (Å²) in [6.45, 7) is 4.95. The summed E-state index contributed by atoms with van der Waals surface area (Å²) in [5, 5.41) is 21.5. The van der Waals surface area contributed by atoms with Gasteiger partial charge < -0.3 is 20.4 Å². The molecule has 2 unspecified atom stereocenters. The maximum Gasteiger partial charge on any atom is 0.311 e. The Morgan fingerprint density at radius 3 is 2.95 bits per heavy atom. The van der Waals surface area contributed by atoms with Gasteiger partial charge in [0.25, 0.3) is 0 Å². The highest BCUT2D eigenvalue weighted by atomic mass is 16.4. The molecule has 7 heteroatoms. The number of carboxylic acids is 1. The Morgan fingerprint density at radius 1 is 1.60 bits per heavy atom. The Balaban J connectivity index is 2.07. The van der Waals surface area contributed by atoms with E-state index in [1.54, 1.807) is 19.9 Å². The summed E-state index contributed by atoms with van der Waals surface area (Å²) in [5.74, 6) is 0.555. The van der Waals surface area contributed by atoms with Crippen molar-refractivity contribution < 1.29 is 15.0 Å². The first-order valence-corrected chi connectivity index (χ1v) is 6.63. The zero-order valence-corrected chi connectivity index (χ0v) is 11.7. The largest absolute Gasteiger partial charge is 0.481 e. The monoisotopic (exact) mass is 280 g/mol. The Hall–Kier alpha value is -1.89. The average molecular weight is 280 g/mol. The summed E-state index contributed by atoms with van der Waals surface area (Å²) in [7, 11) is 0. The molecule has 2 atom stereocenters. The van der Waals surface area contributed by atoms with Crippen molar-refractivity contribution in [3.63, 3.8) is 0 Å². The fourth-order valence-electron chi connectivity index (χ4n) is 2.20. The molecule has 0 aromatic carbocycles. The Kier molecular flexibility index (Phi) is 4.08. The number of rotatable bonds is 5. The molecule has 1 aliphatic heterocycles. The van der Waals surface area contributed by atoms with Gasteiger partial charge in [0.1, 0.15) is 18.0 Å². The Morgan fingerprint density at radius 2 is 2.35 bits per heavy atom. The zero-order chi connectivity index (χ0) is 14.8. The molecule has 0 aliphatic carbocycles. The minimum absolute atomic E-state index is 0.406. The van der Waals surface area contributed by atoms with Gasteiger partial charge in [-0.3, -0.25) is 4.79 Å². The standard InChI is InChI=1S/C13H20N4O3/c1-9(18)6-14-10-5-11(16-8-15-10)17-4-3-13(2,7-17)12(19)20/h5,8-9,18H,3-4,6-7H2,1-2H3,(H,19,20)(H,14,15,16). The lowest BCUT2D eigenvalue weighted by Crippen LogP contribution is -2.32. The van der Waals surface area contributed by atoms with E-state index in [1.807, 2.05) is 4.90 Å². The van der Waals surface area contributed by atoms with E-state index in [2.05, 4.69) is 15.3 Å². The summed E-state index contributed by atoms with van der Waals surface area (Å²) >= 11 is 0. The number of aromatic nitrogens is 2. The zero-order valence-electron chi connectivity index (χ0n) is 11.7. The Bertz CT molecular complexity index is 494. The molecule has 2 rings (SSSR count). The lowest BCUT2D eigenvalue weighted by atomic mass is 9.90. The smallest absolute Gasteiger partial charge is 0.311 e. The second kappa shape index (κ2) is 5.62. The van der Waals surface area contributed by atoms with Crippen LogP contribution in [0.15, 0.2) is 12.4 Å². The molecular formula is C13H20N4O3. The minimum Gasteiger partial charge on any atom is -0.481 e. The van der Waals surface area contributed by atoms with Crippen molar-refractivity contribution in [2.75, 3.05) is 29.9 Å². The van der Waals surface area contributed by atoms with E-state index in [1.165, 1.54) is 6.33 Å². The number of carboxylic acid groups (broad SMARTS) is 1. The van der Waals surface area contributed by atoms with E-state index in [0.717, 1.165) is 0 Å². The maximum absolute atomic E-state index is 11.2. The quantitative estimate of drug-likeness (QED) is 0.725. The molecule has 0 saturated carbocycles. The fraction of sp³-hybridized carbons (Fsp3) is 0.615. The second-order valence-electron chi connectivity index (χ2n) is 5.53. The molecule has 1 fully saturated rings. The van der Waals surface area contributed by atoms with Crippen LogP contribution in [0.25, 0.3) is 0 Å². The van der Waals surface area contributed by atoms with Gasteiger partial charge in [-0.1, -0.05) is 0 Å². The molecule has 0 bridgehead atoms. The second-order valence-corrected chi connectivity index (χ2v) is 5.53. The van der Waals surface area contributed by atoms with Crippen LogP contribution in [0.3, 0.4) is 0 Å². The average Bonchev–Trinajstić information content (AvgIpc) is 2.81. The number of nitrogens with zero attached hydrogens (tertiary/aromatic N) is 3. The number of nitrogens with one attached hydrogen (secondary N) is 1. The minimum atomic E-state index is -0.776. The molecule has 2 heterocycles. The predicted octanol–water partition coefficient (Wildman–Crippen LogP) is 0.570. The summed E-state index contributed by atoms with van der Waals surface area (Å²) in [6.07, 6.45) is 1.58. The van der Waals surface area contributed by atoms with E-state index in [4.69, 9.17) is 0 Å². The number of carbonyl (C=O) groups is 1. The topological polar surface area (TPSA) is 98.6 Å². The molecule has 1 aromatic heterocycles. The first kappa shape index (κ1) is 14.5. The number of aliphatic carboxylic acids is 1. The highest BCUT2D eigenvalue weighted by Crippen LogP contribution is 2.32. The van der Waals surface area contributed by atoms with Crippen LogP contribution in [0.4, 0.5) is 11.6 Å². The highest BCUT2D eigenvalue weighted by Gasteiger charge is 2.40. The molecular weight excluding hydrogens is 260 g/mol. The van der Waals surface area contributed by atoms with E-state index in [0.29, 0.717) is 37.7 Å². The summed E-state index contributed by atoms with van der Waals surface area (Å²) < 4.78 is 0. The van der Waals surface area contributed by atoms with Gasteiger partial charge in [-0.25, -0.2) is 9.97 Å². The molecule has 20 heavy (non-hydrogen) atoms. The Labute approximate surface area is 117 Å². The summed E-state index contributed by atoms with van der Waals surface area (Å²) in [5.41, 5.74) is -0.724. The molecule has 0 amide bonds. The van der Waals surface area contributed by atoms with E-state index < -0.39 is 17.5 Å². The third kappa shape index (κ3) is 3.16. The molecule has 7 nitrogen and oxygen atoms in total. The third-order valence-electron chi connectivity index (χ3n) is 3.54. The highest BCUT2D eigenvalue weighted by molar-refractivity contribution is 5.76. The van der Waals surface area contributed by atoms with Crippen molar-refractivity contribution in [1.82, 2.24) is 9.97 Å². The molecule has 1 aromatic rings. The van der Waals surface area contributed by atoms with Crippen molar-refractivity contribution >= 4 is 17.6 Å². The SMILES string of the molecule is CC(O)CNc1cc(N2CCC(C)(C(=O)O)C2)ncn1. The van der Waals surface area contributed by atoms with Gasteiger partial charge in [0.05, 0.1) is 11.5 Å². The van der Waals surface area contributed by atoms with Crippen molar-refractivity contribution in [3.05, 3.63) is 12.4 Å². The first-order chi connectivity index (χ1) is 9.40. The van der Waals surface area contributed by atoms with Gasteiger partial charge in [0.2, 0.25) is 0 Å². The molecule has 110 valence electrons. The van der Waals surface area contributed by atoms with Gasteiger partial charge in [-0.05, 0) is 20.3 Å². The molecule has 0 spiro atoms. The van der Waals surface area contributed by atoms with Crippen LogP contribution in [0.1, 0.15) is 20.3 Å². The van der Waals surface area contributed by atoms with Gasteiger partial charge in [-0.2, -0.15) is 0 Å². The third-order valence-corrected chi connectivity index (χ3v) is 3.54. The normalized spacial score (nSPS) is 23.6. The van der Waals surface area contributed by atoms with Gasteiger partial charge in [0.15, 0.2) is 0 Å². The lowest BCUT2D eigenvalue weighted by molar-refractivity contribution is -0.146. The van der Waals surface area contributed by atoms with Crippen LogP contribution >= 0.6 is 0 Å². The van der Waals surface area contributed by atoms with Crippen molar-refractivity contribution in [1.29, 1.82) is 0 Å². The lowest BCUT2D eigenvalue weighted by Gasteiger charge is -2.21. The maximum atomic E-state index is 11.2. The summed E-state index contributed by atoms with van der Waals surface area (Å²) in [6, 6.07) is 1.77. The van der Waals surface area contributed by atoms with E-state index >= 15 is 0 Å². The van der Waals surface area contributed by atoms with Crippen LogP contribution in [0, 0.1) is 5.41 Å². The van der Waals surface area contributed by atoms with Gasteiger partial charge >= 0.3 is 5.97 Å². The predicted molar refractivity (Wildman–Crippen MR) is 74.8 cm³/mol. The van der Waals surface area contributed by atoms with Crippen molar-refractivity contribution in [3.8, 4) is 0 Å². The molecule has 1 aliphatic rings. The van der Waals surface area contributed by atoms with E-state index in [-0.39, 0.29) is 0 Å². The fourth-order valence-corrected chi connectivity index (χ4v) is 2.20. The van der Waals surface area contributed by atoms with Crippen LogP contribution in [0.5, 0.6) is 0 Å². The van der Waals surface area contributed by atoms with Crippen LogP contribution in [0.2, 0.25) is 0 Å². The number of aliphatic hydroxyl groups excluding tert-OH is 1. The van der Waals surface area contributed by atoms with Gasteiger partial charge in [0, 0.05) is 25.7 Å². The van der Waals surface area contributed by atoms with Crippen LogP contribution < -0.4 is 10.2 Å². The van der Waals surface area contributed by atoms with Crippen molar-refractivity contribution in [2.24, 2.45) is 5.41 Å². The number of anilines is 2. The number of aliphatic hydroxyl groups is 1. The molecule has 0 radical (unpaired) electrons. The number of hydrogen-bond donors (Lipinski definition) is 3. The van der Waals surface area contributed by atoms with Crippen LogP contribution in [-0.2, 0) is 4.79 Å². The van der Waals surface area contributed by atoms with Gasteiger partial charge in [-0.15, -0.1) is 0 Å². The van der Waals surface area contributed by atoms with Crippen molar-refractivity contribution in [2.45, 2.75) is 26.4 Å². The molecule has 1 saturated heterocycles. The first-order valence-electron chi connectivity index (χ1n) is 6.63.